The number of benzene rings is 1. The van der Waals surface area contributed by atoms with Crippen molar-refractivity contribution in [1.29, 1.82) is 0 Å². The van der Waals surface area contributed by atoms with Crippen LogP contribution in [0, 0.1) is 0 Å². The summed E-state index contributed by atoms with van der Waals surface area (Å²) in [6.45, 7) is 0. The lowest BCUT2D eigenvalue weighted by atomic mass is 9.93. The van der Waals surface area contributed by atoms with Crippen LogP contribution in [0.5, 0.6) is 0 Å². The predicted octanol–water partition coefficient (Wildman–Crippen LogP) is 2.39. The first-order chi connectivity index (χ1) is 8.85. The summed E-state index contributed by atoms with van der Waals surface area (Å²) in [4.78, 5) is 10.7. The highest BCUT2D eigenvalue weighted by Crippen LogP contribution is 2.42. The number of anilines is 1. The first-order valence-electron chi connectivity index (χ1n) is 4.92. The molecule has 0 unspecified atom stereocenters. The Morgan fingerprint density at radius 3 is 1.65 bits per heavy atom. The maximum Gasteiger partial charge on any atom is 0.416 e. The zero-order chi connectivity index (χ0) is 15.9. The third-order valence-electron chi connectivity index (χ3n) is 2.39. The molecule has 0 aliphatic rings. The van der Waals surface area contributed by atoms with Gasteiger partial charge in [0.1, 0.15) is 6.04 Å². The molecule has 0 heterocycles. The first-order valence-corrected chi connectivity index (χ1v) is 4.92. The van der Waals surface area contributed by atoms with E-state index in [1.54, 1.807) is 0 Å². The van der Waals surface area contributed by atoms with E-state index in [0.29, 0.717) is 0 Å². The number of alkyl halides is 6. The lowest BCUT2D eigenvalue weighted by Gasteiger charge is -2.21. The lowest BCUT2D eigenvalue weighted by molar-refractivity contribution is -0.146. The number of hydrogen-bond acceptors (Lipinski definition) is 3. The Balaban J connectivity index is 3.77. The van der Waals surface area contributed by atoms with Gasteiger partial charge >= 0.3 is 18.3 Å². The Hall–Kier alpha value is -1.97. The van der Waals surface area contributed by atoms with Crippen LogP contribution in [0.3, 0.4) is 0 Å². The molecule has 112 valence electrons. The molecule has 0 saturated carbocycles. The molecule has 0 aliphatic heterocycles. The zero-order valence-electron chi connectivity index (χ0n) is 9.51. The number of carboxylic acids is 1. The molecule has 10 heteroatoms. The van der Waals surface area contributed by atoms with E-state index >= 15 is 0 Å². The molecule has 0 aliphatic carbocycles. The van der Waals surface area contributed by atoms with Crippen LogP contribution in [0.4, 0.5) is 32.0 Å². The van der Waals surface area contributed by atoms with Gasteiger partial charge in [0, 0.05) is 11.3 Å². The third kappa shape index (κ3) is 3.13. The Morgan fingerprint density at radius 1 is 1.05 bits per heavy atom. The van der Waals surface area contributed by atoms with Crippen LogP contribution in [0.25, 0.3) is 0 Å². The molecule has 5 N–H and O–H groups in total. The number of halogens is 6. The predicted molar refractivity (Wildman–Crippen MR) is 55.4 cm³/mol. The Kier molecular flexibility index (Phi) is 3.90. The number of carboxylic acid groups (broad SMARTS) is 1. The summed E-state index contributed by atoms with van der Waals surface area (Å²) in [6.07, 6.45) is -10.4. The maximum absolute atomic E-state index is 12.7. The van der Waals surface area contributed by atoms with Crippen LogP contribution in [0.2, 0.25) is 0 Å². The fraction of sp³-hybridized carbons (Fsp3) is 0.300. The summed E-state index contributed by atoms with van der Waals surface area (Å²) in [5.41, 5.74) is 3.95. The second-order valence-corrected chi connectivity index (χ2v) is 3.84. The van der Waals surface area contributed by atoms with Crippen molar-refractivity contribution in [1.82, 2.24) is 0 Å². The molecular formula is C10H8F6N2O2. The monoisotopic (exact) mass is 302 g/mol. The van der Waals surface area contributed by atoms with Crippen molar-refractivity contribution in [3.05, 3.63) is 28.8 Å². The number of nitrogen functional groups attached to an aromatic ring is 1. The second-order valence-electron chi connectivity index (χ2n) is 3.84. The fourth-order valence-electron chi connectivity index (χ4n) is 1.60. The van der Waals surface area contributed by atoms with Gasteiger partial charge in [0.25, 0.3) is 0 Å². The second kappa shape index (κ2) is 4.85. The van der Waals surface area contributed by atoms with Crippen molar-refractivity contribution >= 4 is 11.7 Å². The van der Waals surface area contributed by atoms with Gasteiger partial charge in [0.15, 0.2) is 0 Å². The Morgan fingerprint density at radius 2 is 1.40 bits per heavy atom. The van der Waals surface area contributed by atoms with Crippen LogP contribution >= 0.6 is 0 Å². The molecule has 0 radical (unpaired) electrons. The molecule has 1 aromatic rings. The molecule has 0 bridgehead atoms. The van der Waals surface area contributed by atoms with Crippen LogP contribution in [-0.4, -0.2) is 11.1 Å². The number of nitrogens with two attached hydrogens (primary N) is 2. The lowest BCUT2D eigenvalue weighted by Crippen LogP contribution is -2.28. The highest BCUT2D eigenvalue weighted by molar-refractivity contribution is 5.77. The van der Waals surface area contributed by atoms with Crippen LogP contribution in [0.15, 0.2) is 12.1 Å². The molecule has 20 heavy (non-hydrogen) atoms. The first kappa shape index (κ1) is 16.1. The van der Waals surface area contributed by atoms with Crippen molar-refractivity contribution in [2.45, 2.75) is 18.4 Å². The van der Waals surface area contributed by atoms with Gasteiger partial charge in [-0.1, -0.05) is 0 Å². The maximum atomic E-state index is 12.7. The number of rotatable bonds is 2. The van der Waals surface area contributed by atoms with Gasteiger partial charge < -0.3 is 16.6 Å². The normalized spacial score (nSPS) is 14.2. The van der Waals surface area contributed by atoms with E-state index < -0.39 is 46.7 Å². The summed E-state index contributed by atoms with van der Waals surface area (Å²) in [7, 11) is 0. The van der Waals surface area contributed by atoms with E-state index in [0.717, 1.165) is 0 Å². The number of carbonyl (C=O) groups is 1. The standard InChI is InChI=1S/C10H8F6N2O2/c11-9(12,13)4-1-3(17)2-5(10(14,15)16)6(4)7(18)8(19)20/h1-2,7H,17-18H2,(H,19,20)/t7-/m0/s1. The van der Waals surface area contributed by atoms with Crippen molar-refractivity contribution in [3.63, 3.8) is 0 Å². The summed E-state index contributed by atoms with van der Waals surface area (Å²) in [5.74, 6) is -2.02. The quantitative estimate of drug-likeness (QED) is 0.578. The molecule has 1 aromatic carbocycles. The van der Waals surface area contributed by atoms with Crippen LogP contribution < -0.4 is 11.5 Å². The molecule has 0 saturated heterocycles. The average Bonchev–Trinajstić information content (AvgIpc) is 2.24. The third-order valence-corrected chi connectivity index (χ3v) is 2.39. The van der Waals surface area contributed by atoms with Gasteiger partial charge in [-0.3, -0.25) is 4.79 Å². The van der Waals surface area contributed by atoms with Crippen molar-refractivity contribution in [2.75, 3.05) is 5.73 Å². The van der Waals surface area contributed by atoms with Crippen molar-refractivity contribution in [2.24, 2.45) is 5.73 Å². The highest BCUT2D eigenvalue weighted by atomic mass is 19.4. The van der Waals surface area contributed by atoms with Crippen LogP contribution in [-0.2, 0) is 17.1 Å². The topological polar surface area (TPSA) is 89.3 Å². The highest BCUT2D eigenvalue weighted by Gasteiger charge is 2.44. The number of hydrogen-bond donors (Lipinski definition) is 3. The molecule has 0 aromatic heterocycles. The van der Waals surface area contributed by atoms with Gasteiger partial charge in [-0.15, -0.1) is 0 Å². The van der Waals surface area contributed by atoms with E-state index in [1.165, 1.54) is 0 Å². The van der Waals surface area contributed by atoms with Crippen LogP contribution in [0.1, 0.15) is 22.7 Å². The minimum atomic E-state index is -5.22. The minimum absolute atomic E-state index is 0.216. The van der Waals surface area contributed by atoms with Gasteiger partial charge in [-0.2, -0.15) is 26.3 Å². The van der Waals surface area contributed by atoms with E-state index in [4.69, 9.17) is 16.6 Å². The molecule has 1 atom stereocenters. The summed E-state index contributed by atoms with van der Waals surface area (Å²) < 4.78 is 76.5. The van der Waals surface area contributed by atoms with Crippen molar-refractivity contribution < 1.29 is 36.2 Å². The smallest absolute Gasteiger partial charge is 0.416 e. The summed E-state index contributed by atoms with van der Waals surface area (Å²) in [6, 6.07) is -2.05. The summed E-state index contributed by atoms with van der Waals surface area (Å²) in [5, 5.41) is 8.59. The van der Waals surface area contributed by atoms with Gasteiger partial charge in [0.05, 0.1) is 11.1 Å². The molecule has 4 nitrogen and oxygen atoms in total. The summed E-state index contributed by atoms with van der Waals surface area (Å²) >= 11 is 0. The zero-order valence-corrected chi connectivity index (χ0v) is 9.51. The molecular weight excluding hydrogens is 294 g/mol. The SMILES string of the molecule is Nc1cc(C(F)(F)F)c([C@H](N)C(=O)O)c(C(F)(F)F)c1. The fourth-order valence-corrected chi connectivity index (χ4v) is 1.60. The molecule has 1 rings (SSSR count). The number of aliphatic carboxylic acids is 1. The van der Waals surface area contributed by atoms with Crippen molar-refractivity contribution in [3.8, 4) is 0 Å². The van der Waals surface area contributed by atoms with E-state index in [2.05, 4.69) is 0 Å². The van der Waals surface area contributed by atoms with Gasteiger partial charge in [-0.25, -0.2) is 0 Å². The Bertz CT molecular complexity index is 503. The van der Waals surface area contributed by atoms with E-state index in [1.807, 2.05) is 0 Å². The van der Waals surface area contributed by atoms with E-state index in [9.17, 15) is 31.1 Å². The minimum Gasteiger partial charge on any atom is -0.480 e. The molecule has 0 fully saturated rings. The Labute approximate surface area is 108 Å². The average molecular weight is 302 g/mol. The molecule has 0 amide bonds. The largest absolute Gasteiger partial charge is 0.480 e. The molecule has 0 spiro atoms. The van der Waals surface area contributed by atoms with Gasteiger partial charge in [0.2, 0.25) is 0 Å². The van der Waals surface area contributed by atoms with Gasteiger partial charge in [-0.05, 0) is 12.1 Å². The van der Waals surface area contributed by atoms with E-state index in [-0.39, 0.29) is 12.1 Å².